The van der Waals surface area contributed by atoms with Gasteiger partial charge in [0.1, 0.15) is 0 Å². The van der Waals surface area contributed by atoms with Crippen LogP contribution >= 0.6 is 38.9 Å². The summed E-state index contributed by atoms with van der Waals surface area (Å²) in [4.78, 5) is 1.27. The fraction of sp³-hybridized carbons (Fsp3) is 0.167. The summed E-state index contributed by atoms with van der Waals surface area (Å²) in [5.74, 6) is 0. The number of rotatable bonds is 4. The van der Waals surface area contributed by atoms with E-state index in [-0.39, 0.29) is 0 Å². The van der Waals surface area contributed by atoms with Crippen molar-refractivity contribution in [3.05, 3.63) is 44.0 Å². The first-order chi connectivity index (χ1) is 8.15. The Kier molecular flexibility index (Phi) is 4.31. The molecule has 17 heavy (non-hydrogen) atoms. The summed E-state index contributed by atoms with van der Waals surface area (Å²) < 4.78 is 1.86. The second kappa shape index (κ2) is 5.76. The predicted octanol–water partition coefficient (Wildman–Crippen LogP) is 4.40. The average Bonchev–Trinajstić information content (AvgIpc) is 2.69. The number of thiophene rings is 1. The normalized spacial score (nSPS) is 10.5. The number of hydrogen-bond acceptors (Lipinski definition) is 3. The van der Waals surface area contributed by atoms with E-state index in [1.807, 2.05) is 24.3 Å². The van der Waals surface area contributed by atoms with Crippen LogP contribution < -0.4 is 11.1 Å². The van der Waals surface area contributed by atoms with E-state index in [1.54, 1.807) is 11.3 Å². The lowest BCUT2D eigenvalue weighted by Gasteiger charge is -2.08. The second-order valence-corrected chi connectivity index (χ2v) is 6.33. The Bertz CT molecular complexity index is 513. The highest BCUT2D eigenvalue weighted by molar-refractivity contribution is 9.10. The highest BCUT2D eigenvalue weighted by Crippen LogP contribution is 2.24. The molecular weight excluding hydrogens is 320 g/mol. The van der Waals surface area contributed by atoms with Crippen molar-refractivity contribution in [2.75, 3.05) is 17.6 Å². The van der Waals surface area contributed by atoms with Gasteiger partial charge in [0.25, 0.3) is 0 Å². The van der Waals surface area contributed by atoms with Crippen LogP contribution in [0.2, 0.25) is 4.34 Å². The van der Waals surface area contributed by atoms with Crippen LogP contribution in [0.1, 0.15) is 4.88 Å². The maximum Gasteiger partial charge on any atom is 0.0931 e. The van der Waals surface area contributed by atoms with Crippen molar-refractivity contribution in [3.63, 3.8) is 0 Å². The molecule has 5 heteroatoms. The van der Waals surface area contributed by atoms with Gasteiger partial charge in [0.15, 0.2) is 0 Å². The number of nitrogen functional groups attached to an aromatic ring is 1. The number of hydrogen-bond donors (Lipinski definition) is 2. The summed E-state index contributed by atoms with van der Waals surface area (Å²) >= 11 is 10.9. The van der Waals surface area contributed by atoms with Gasteiger partial charge in [-0.25, -0.2) is 0 Å². The zero-order valence-corrected chi connectivity index (χ0v) is 12.2. The smallest absolute Gasteiger partial charge is 0.0931 e. The van der Waals surface area contributed by atoms with Gasteiger partial charge in [-0.05, 0) is 36.8 Å². The molecule has 0 radical (unpaired) electrons. The highest BCUT2D eigenvalue weighted by atomic mass is 79.9. The lowest BCUT2D eigenvalue weighted by atomic mass is 10.2. The Balaban J connectivity index is 1.91. The lowest BCUT2D eigenvalue weighted by Crippen LogP contribution is -2.06. The summed E-state index contributed by atoms with van der Waals surface area (Å²) in [6, 6.07) is 9.78. The van der Waals surface area contributed by atoms with E-state index in [0.29, 0.717) is 0 Å². The second-order valence-electron chi connectivity index (χ2n) is 3.61. The van der Waals surface area contributed by atoms with Gasteiger partial charge >= 0.3 is 0 Å². The molecule has 2 nitrogen and oxygen atoms in total. The molecule has 2 rings (SSSR count). The standard InChI is InChI=1S/C12H12BrClN2S/c13-8-1-3-10(15)11(7-8)16-6-5-9-2-4-12(14)17-9/h1-4,7,16H,5-6,15H2. The largest absolute Gasteiger partial charge is 0.397 e. The van der Waals surface area contributed by atoms with Crippen molar-refractivity contribution in [2.45, 2.75) is 6.42 Å². The minimum Gasteiger partial charge on any atom is -0.397 e. The predicted molar refractivity (Wildman–Crippen MR) is 80.1 cm³/mol. The van der Waals surface area contributed by atoms with E-state index in [9.17, 15) is 0 Å². The fourth-order valence-electron chi connectivity index (χ4n) is 1.49. The van der Waals surface area contributed by atoms with E-state index in [4.69, 9.17) is 17.3 Å². The minimum atomic E-state index is 0.761. The number of nitrogens with one attached hydrogen (secondary N) is 1. The van der Waals surface area contributed by atoms with E-state index in [2.05, 4.69) is 27.3 Å². The molecule has 0 saturated heterocycles. The molecule has 0 aliphatic heterocycles. The van der Waals surface area contributed by atoms with E-state index >= 15 is 0 Å². The van der Waals surface area contributed by atoms with Crippen LogP contribution in [0, 0.1) is 0 Å². The van der Waals surface area contributed by atoms with Gasteiger partial charge in [0, 0.05) is 15.9 Å². The van der Waals surface area contributed by atoms with Gasteiger partial charge in [-0.15, -0.1) is 11.3 Å². The molecule has 0 saturated carbocycles. The topological polar surface area (TPSA) is 38.0 Å². The van der Waals surface area contributed by atoms with Crippen molar-refractivity contribution < 1.29 is 0 Å². The van der Waals surface area contributed by atoms with Crippen molar-refractivity contribution in [1.82, 2.24) is 0 Å². The van der Waals surface area contributed by atoms with E-state index in [1.165, 1.54) is 4.88 Å². The monoisotopic (exact) mass is 330 g/mol. The van der Waals surface area contributed by atoms with Crippen LogP contribution in [-0.2, 0) is 6.42 Å². The SMILES string of the molecule is Nc1ccc(Br)cc1NCCc1ccc(Cl)s1. The number of benzene rings is 1. The quantitative estimate of drug-likeness (QED) is 0.815. The first-order valence-electron chi connectivity index (χ1n) is 5.18. The van der Waals surface area contributed by atoms with Gasteiger partial charge in [-0.3, -0.25) is 0 Å². The molecule has 3 N–H and O–H groups in total. The molecule has 1 aromatic heterocycles. The Morgan fingerprint density at radius 3 is 2.82 bits per heavy atom. The highest BCUT2D eigenvalue weighted by Gasteiger charge is 2.01. The van der Waals surface area contributed by atoms with Crippen LogP contribution in [0.3, 0.4) is 0 Å². The fourth-order valence-corrected chi connectivity index (χ4v) is 2.94. The molecule has 0 amide bonds. The summed E-state index contributed by atoms with van der Waals surface area (Å²) in [5.41, 5.74) is 7.59. The lowest BCUT2D eigenvalue weighted by molar-refractivity contribution is 1.04. The molecule has 1 heterocycles. The van der Waals surface area contributed by atoms with Gasteiger partial charge in [-0.2, -0.15) is 0 Å². The summed E-state index contributed by atoms with van der Waals surface area (Å²) in [6.07, 6.45) is 0.948. The van der Waals surface area contributed by atoms with Crippen LogP contribution in [0.5, 0.6) is 0 Å². The Morgan fingerprint density at radius 2 is 2.12 bits per heavy atom. The van der Waals surface area contributed by atoms with Gasteiger partial charge in [0.2, 0.25) is 0 Å². The van der Waals surface area contributed by atoms with E-state index in [0.717, 1.165) is 33.1 Å². The molecule has 0 bridgehead atoms. The van der Waals surface area contributed by atoms with Crippen LogP contribution in [-0.4, -0.2) is 6.54 Å². The third-order valence-electron chi connectivity index (χ3n) is 2.33. The van der Waals surface area contributed by atoms with Crippen LogP contribution in [0.15, 0.2) is 34.8 Å². The Labute approximate surface area is 118 Å². The van der Waals surface area contributed by atoms with Crippen LogP contribution in [0.25, 0.3) is 0 Å². The van der Waals surface area contributed by atoms with Gasteiger partial charge < -0.3 is 11.1 Å². The number of halogens is 2. The van der Waals surface area contributed by atoms with Crippen LogP contribution in [0.4, 0.5) is 11.4 Å². The molecule has 0 aliphatic rings. The summed E-state index contributed by atoms with van der Waals surface area (Å²) in [6.45, 7) is 0.845. The summed E-state index contributed by atoms with van der Waals surface area (Å²) in [5, 5.41) is 3.32. The maximum atomic E-state index is 5.87. The first kappa shape index (κ1) is 12.7. The number of anilines is 2. The zero-order chi connectivity index (χ0) is 12.3. The third kappa shape index (κ3) is 3.63. The molecular formula is C12H12BrClN2S. The average molecular weight is 332 g/mol. The van der Waals surface area contributed by atoms with E-state index < -0.39 is 0 Å². The molecule has 0 fully saturated rings. The van der Waals surface area contributed by atoms with Gasteiger partial charge in [0.05, 0.1) is 15.7 Å². The minimum absolute atomic E-state index is 0.761. The maximum absolute atomic E-state index is 5.87. The van der Waals surface area contributed by atoms with Gasteiger partial charge in [-0.1, -0.05) is 27.5 Å². The molecule has 0 atom stereocenters. The zero-order valence-electron chi connectivity index (χ0n) is 9.04. The van der Waals surface area contributed by atoms with Crippen molar-refractivity contribution in [3.8, 4) is 0 Å². The van der Waals surface area contributed by atoms with Crippen molar-refractivity contribution >= 4 is 50.2 Å². The molecule has 2 aromatic rings. The summed E-state index contributed by atoms with van der Waals surface area (Å²) in [7, 11) is 0. The van der Waals surface area contributed by atoms with Crippen molar-refractivity contribution in [1.29, 1.82) is 0 Å². The third-order valence-corrected chi connectivity index (χ3v) is 4.12. The Morgan fingerprint density at radius 1 is 1.29 bits per heavy atom. The molecule has 0 unspecified atom stereocenters. The molecule has 90 valence electrons. The molecule has 0 aliphatic carbocycles. The first-order valence-corrected chi connectivity index (χ1v) is 7.17. The Hall–Kier alpha value is -0.710. The molecule has 1 aromatic carbocycles. The molecule has 0 spiro atoms. The van der Waals surface area contributed by atoms with Crippen molar-refractivity contribution in [2.24, 2.45) is 0 Å². The number of nitrogens with two attached hydrogens (primary N) is 1.